The Labute approximate surface area is 121 Å². The molecule has 3 heterocycles. The van der Waals surface area contributed by atoms with Crippen LogP contribution < -0.4 is 5.32 Å². The molecule has 8 heteroatoms. The van der Waals surface area contributed by atoms with E-state index in [0.29, 0.717) is 19.9 Å². The van der Waals surface area contributed by atoms with Gasteiger partial charge in [0.25, 0.3) is 5.91 Å². The van der Waals surface area contributed by atoms with Gasteiger partial charge in [0.1, 0.15) is 0 Å². The highest BCUT2D eigenvalue weighted by Gasteiger charge is 2.12. The predicted octanol–water partition coefficient (Wildman–Crippen LogP) is 3.35. The number of anilines is 1. The van der Waals surface area contributed by atoms with Gasteiger partial charge in [-0.1, -0.05) is 23.2 Å². The number of amides is 1. The average molecular weight is 313 g/mol. The lowest BCUT2D eigenvalue weighted by atomic mass is 10.4. The van der Waals surface area contributed by atoms with Gasteiger partial charge in [0.15, 0.2) is 5.65 Å². The molecular formula is C11H6Cl2N4OS. The second kappa shape index (κ2) is 4.80. The average Bonchev–Trinajstić information content (AvgIpc) is 2.94. The van der Waals surface area contributed by atoms with Crippen LogP contribution in [0.1, 0.15) is 9.67 Å². The van der Waals surface area contributed by atoms with Crippen molar-refractivity contribution in [1.82, 2.24) is 14.6 Å². The van der Waals surface area contributed by atoms with Crippen LogP contribution in [0.25, 0.3) is 5.65 Å². The van der Waals surface area contributed by atoms with Gasteiger partial charge in [0.05, 0.1) is 14.2 Å². The number of hydrogen-bond donors (Lipinski definition) is 1. The zero-order chi connectivity index (χ0) is 13.4. The lowest BCUT2D eigenvalue weighted by molar-refractivity contribution is 0.102. The van der Waals surface area contributed by atoms with E-state index in [2.05, 4.69) is 15.4 Å². The lowest BCUT2D eigenvalue weighted by Crippen LogP contribution is -2.11. The Morgan fingerprint density at radius 3 is 2.84 bits per heavy atom. The zero-order valence-electron chi connectivity index (χ0n) is 9.30. The maximum Gasteiger partial charge on any atom is 0.268 e. The number of halogens is 2. The fourth-order valence-electron chi connectivity index (χ4n) is 1.51. The van der Waals surface area contributed by atoms with E-state index in [1.807, 2.05) is 0 Å². The molecule has 3 aromatic heterocycles. The highest BCUT2D eigenvalue weighted by Crippen LogP contribution is 2.22. The Hall–Kier alpha value is -1.63. The molecule has 3 rings (SSSR count). The summed E-state index contributed by atoms with van der Waals surface area (Å²) >= 11 is 12.8. The Balaban J connectivity index is 1.87. The number of nitrogens with zero attached hydrogens (tertiary/aromatic N) is 3. The topological polar surface area (TPSA) is 59.3 Å². The first-order valence-electron chi connectivity index (χ1n) is 5.20. The van der Waals surface area contributed by atoms with Gasteiger partial charge >= 0.3 is 0 Å². The van der Waals surface area contributed by atoms with E-state index in [4.69, 9.17) is 23.2 Å². The van der Waals surface area contributed by atoms with Crippen LogP contribution in [0.3, 0.4) is 0 Å². The van der Waals surface area contributed by atoms with Crippen LogP contribution in [0.5, 0.6) is 0 Å². The summed E-state index contributed by atoms with van der Waals surface area (Å²) in [4.78, 5) is 16.6. The van der Waals surface area contributed by atoms with Crippen molar-refractivity contribution in [2.24, 2.45) is 0 Å². The van der Waals surface area contributed by atoms with Crippen molar-refractivity contribution < 1.29 is 4.79 Å². The molecule has 0 aliphatic rings. The van der Waals surface area contributed by atoms with Crippen molar-refractivity contribution in [3.63, 3.8) is 0 Å². The molecule has 1 amide bonds. The molecule has 0 unspecified atom stereocenters. The number of nitrogens with one attached hydrogen (secondary N) is 1. The maximum absolute atomic E-state index is 11.9. The number of carbonyl (C=O) groups excluding carboxylic acids is 1. The molecule has 5 nitrogen and oxygen atoms in total. The third-order valence-electron chi connectivity index (χ3n) is 2.32. The predicted molar refractivity (Wildman–Crippen MR) is 75.3 cm³/mol. The number of aromatic nitrogens is 3. The Bertz CT molecular complexity index is 767. The molecule has 0 saturated carbocycles. The van der Waals surface area contributed by atoms with E-state index in [0.717, 1.165) is 0 Å². The summed E-state index contributed by atoms with van der Waals surface area (Å²) in [7, 11) is 0. The van der Waals surface area contributed by atoms with Gasteiger partial charge in [-0.2, -0.15) is 4.98 Å². The Kier molecular flexibility index (Phi) is 3.14. The quantitative estimate of drug-likeness (QED) is 0.789. The fourth-order valence-corrected chi connectivity index (χ4v) is 2.60. The number of pyridine rings is 1. The summed E-state index contributed by atoms with van der Waals surface area (Å²) in [5.41, 5.74) is 0.601. The minimum absolute atomic E-state index is 0.219. The van der Waals surface area contributed by atoms with E-state index in [9.17, 15) is 4.79 Å². The van der Waals surface area contributed by atoms with Crippen LogP contribution >= 0.6 is 34.5 Å². The summed E-state index contributed by atoms with van der Waals surface area (Å²) in [5, 5.41) is 7.26. The molecule has 0 aliphatic heterocycles. The molecule has 0 aliphatic carbocycles. The lowest BCUT2D eigenvalue weighted by Gasteiger charge is -1.95. The highest BCUT2D eigenvalue weighted by atomic mass is 35.5. The molecular weight excluding hydrogens is 307 g/mol. The van der Waals surface area contributed by atoms with Gasteiger partial charge in [0.2, 0.25) is 5.95 Å². The zero-order valence-corrected chi connectivity index (χ0v) is 11.6. The summed E-state index contributed by atoms with van der Waals surface area (Å²) in [5.74, 6) is -0.0734. The summed E-state index contributed by atoms with van der Waals surface area (Å²) in [6, 6.07) is 6.73. The van der Waals surface area contributed by atoms with Gasteiger partial charge in [-0.05, 0) is 24.3 Å². The van der Waals surface area contributed by atoms with Crippen molar-refractivity contribution in [3.8, 4) is 0 Å². The standard InChI is InChI=1S/C11H6Cl2N4OS/c12-6-1-4-9-14-11(16-17(9)5-6)15-10(18)7-2-3-8(13)19-7/h1-5H,(H,15,16,18). The molecule has 0 radical (unpaired) electrons. The first-order valence-corrected chi connectivity index (χ1v) is 6.78. The molecule has 1 N–H and O–H groups in total. The monoisotopic (exact) mass is 312 g/mol. The smallest absolute Gasteiger partial charge is 0.268 e. The summed E-state index contributed by atoms with van der Waals surface area (Å²) in [6.45, 7) is 0. The van der Waals surface area contributed by atoms with Crippen molar-refractivity contribution in [1.29, 1.82) is 0 Å². The number of carbonyl (C=O) groups is 1. The first-order chi connectivity index (χ1) is 9.11. The number of fused-ring (bicyclic) bond motifs is 1. The first kappa shape index (κ1) is 12.4. The minimum atomic E-state index is -0.293. The van der Waals surface area contributed by atoms with Gasteiger partial charge in [-0.25, -0.2) is 4.52 Å². The third kappa shape index (κ3) is 2.56. The molecule has 96 valence electrons. The van der Waals surface area contributed by atoms with Crippen molar-refractivity contribution >= 4 is 52.0 Å². The largest absolute Gasteiger partial charge is 0.288 e. The van der Waals surface area contributed by atoms with Crippen LogP contribution in [0.15, 0.2) is 30.5 Å². The highest BCUT2D eigenvalue weighted by molar-refractivity contribution is 7.18. The maximum atomic E-state index is 11.9. The van der Waals surface area contributed by atoms with Crippen LogP contribution in [0.4, 0.5) is 5.95 Å². The molecule has 19 heavy (non-hydrogen) atoms. The second-order valence-electron chi connectivity index (χ2n) is 3.64. The van der Waals surface area contributed by atoms with E-state index in [1.54, 1.807) is 30.5 Å². The Morgan fingerprint density at radius 2 is 2.11 bits per heavy atom. The van der Waals surface area contributed by atoms with Crippen LogP contribution in [0, 0.1) is 0 Å². The Morgan fingerprint density at radius 1 is 1.26 bits per heavy atom. The minimum Gasteiger partial charge on any atom is -0.288 e. The summed E-state index contributed by atoms with van der Waals surface area (Å²) in [6.07, 6.45) is 1.61. The number of thiophene rings is 1. The molecule has 0 saturated heterocycles. The molecule has 0 atom stereocenters. The van der Waals surface area contributed by atoms with Gasteiger partial charge < -0.3 is 0 Å². The third-order valence-corrected chi connectivity index (χ3v) is 3.77. The van der Waals surface area contributed by atoms with Crippen LogP contribution in [-0.4, -0.2) is 20.5 Å². The normalized spacial score (nSPS) is 10.8. The van der Waals surface area contributed by atoms with Gasteiger partial charge in [-0.3, -0.25) is 10.1 Å². The molecule has 0 aromatic carbocycles. The van der Waals surface area contributed by atoms with Crippen LogP contribution in [0.2, 0.25) is 9.36 Å². The van der Waals surface area contributed by atoms with Crippen molar-refractivity contribution in [2.75, 3.05) is 5.32 Å². The second-order valence-corrected chi connectivity index (χ2v) is 5.79. The number of hydrogen-bond acceptors (Lipinski definition) is 4. The SMILES string of the molecule is O=C(Nc1nc2ccc(Cl)cn2n1)c1ccc(Cl)s1. The molecule has 3 aromatic rings. The van der Waals surface area contributed by atoms with E-state index < -0.39 is 0 Å². The van der Waals surface area contributed by atoms with E-state index in [1.165, 1.54) is 15.9 Å². The molecule has 0 fully saturated rings. The van der Waals surface area contributed by atoms with Gasteiger partial charge in [-0.15, -0.1) is 16.4 Å². The fraction of sp³-hybridized carbons (Fsp3) is 0. The van der Waals surface area contributed by atoms with Crippen molar-refractivity contribution in [2.45, 2.75) is 0 Å². The molecule has 0 spiro atoms. The number of rotatable bonds is 2. The van der Waals surface area contributed by atoms with Gasteiger partial charge in [0, 0.05) is 6.20 Å². The summed E-state index contributed by atoms with van der Waals surface area (Å²) < 4.78 is 2.05. The molecule has 0 bridgehead atoms. The van der Waals surface area contributed by atoms with E-state index >= 15 is 0 Å². The van der Waals surface area contributed by atoms with Crippen molar-refractivity contribution in [3.05, 3.63) is 44.7 Å². The van der Waals surface area contributed by atoms with E-state index in [-0.39, 0.29) is 11.9 Å². The van der Waals surface area contributed by atoms with Crippen LogP contribution in [-0.2, 0) is 0 Å².